The van der Waals surface area contributed by atoms with Gasteiger partial charge in [0.15, 0.2) is 0 Å². The molecule has 4 nitrogen and oxygen atoms in total. The lowest BCUT2D eigenvalue weighted by Gasteiger charge is -2.21. The number of nitrogens with one attached hydrogen (secondary N) is 2. The van der Waals surface area contributed by atoms with Gasteiger partial charge in [-0.1, -0.05) is 30.7 Å². The molecule has 2 N–H and O–H groups in total. The molecule has 1 amide bonds. The molecule has 21 heavy (non-hydrogen) atoms. The quantitative estimate of drug-likeness (QED) is 0.849. The third kappa shape index (κ3) is 4.43. The third-order valence-electron chi connectivity index (χ3n) is 3.78. The maximum absolute atomic E-state index is 12.4. The van der Waals surface area contributed by atoms with Crippen molar-refractivity contribution in [2.75, 3.05) is 19.8 Å². The van der Waals surface area contributed by atoms with E-state index in [1.165, 1.54) is 0 Å². The first-order chi connectivity index (χ1) is 10.1. The van der Waals surface area contributed by atoms with Gasteiger partial charge in [0.05, 0.1) is 25.2 Å². The third-order valence-corrected chi connectivity index (χ3v) is 4.02. The van der Waals surface area contributed by atoms with Gasteiger partial charge in [0.1, 0.15) is 0 Å². The van der Waals surface area contributed by atoms with E-state index in [0.29, 0.717) is 18.2 Å². The zero-order valence-corrected chi connectivity index (χ0v) is 13.3. The molecule has 3 atom stereocenters. The van der Waals surface area contributed by atoms with Crippen LogP contribution >= 0.6 is 11.6 Å². The fourth-order valence-electron chi connectivity index (χ4n) is 2.52. The van der Waals surface area contributed by atoms with Gasteiger partial charge in [-0.25, -0.2) is 0 Å². The Morgan fingerprint density at radius 1 is 1.48 bits per heavy atom. The number of hydrogen-bond donors (Lipinski definition) is 2. The maximum atomic E-state index is 12.4. The lowest BCUT2D eigenvalue weighted by atomic mass is 10.0. The molecule has 0 aliphatic carbocycles. The molecule has 0 radical (unpaired) electrons. The summed E-state index contributed by atoms with van der Waals surface area (Å²) in [6.07, 6.45) is 1.05. The summed E-state index contributed by atoms with van der Waals surface area (Å²) in [6.45, 7) is 6.06. The van der Waals surface area contributed by atoms with Gasteiger partial charge >= 0.3 is 0 Å². The maximum Gasteiger partial charge on any atom is 0.227 e. The first-order valence-corrected chi connectivity index (χ1v) is 7.86. The number of ether oxygens (including phenoxy) is 1. The highest BCUT2D eigenvalue weighted by Crippen LogP contribution is 2.20. The summed E-state index contributed by atoms with van der Waals surface area (Å²) >= 11 is 5.99. The van der Waals surface area contributed by atoms with Crippen LogP contribution in [0.15, 0.2) is 24.3 Å². The minimum absolute atomic E-state index is 0.0357. The number of carbonyl (C=O) groups is 1. The Morgan fingerprint density at radius 2 is 2.29 bits per heavy atom. The summed E-state index contributed by atoms with van der Waals surface area (Å²) in [5, 5.41) is 7.11. The minimum atomic E-state index is -0.127. The fraction of sp³-hybridized carbons (Fsp3) is 0.562. The van der Waals surface area contributed by atoms with Gasteiger partial charge in [0.2, 0.25) is 5.91 Å². The van der Waals surface area contributed by atoms with E-state index in [0.717, 1.165) is 18.5 Å². The highest BCUT2D eigenvalue weighted by atomic mass is 35.5. The molecule has 1 aromatic rings. The van der Waals surface area contributed by atoms with Crippen LogP contribution < -0.4 is 10.6 Å². The van der Waals surface area contributed by atoms with Gasteiger partial charge in [-0.15, -0.1) is 0 Å². The van der Waals surface area contributed by atoms with E-state index in [1.54, 1.807) is 0 Å². The van der Waals surface area contributed by atoms with Crippen LogP contribution in [0.5, 0.6) is 0 Å². The molecule has 1 saturated heterocycles. The number of halogens is 1. The van der Waals surface area contributed by atoms with Crippen molar-refractivity contribution in [1.29, 1.82) is 0 Å². The van der Waals surface area contributed by atoms with E-state index in [-0.39, 0.29) is 23.9 Å². The van der Waals surface area contributed by atoms with Crippen molar-refractivity contribution in [3.63, 3.8) is 0 Å². The molecule has 1 heterocycles. The Morgan fingerprint density at radius 3 is 3.00 bits per heavy atom. The van der Waals surface area contributed by atoms with Gasteiger partial charge in [0.25, 0.3) is 0 Å². The van der Waals surface area contributed by atoms with E-state index < -0.39 is 0 Å². The standard InChI is InChI=1S/C16H23ClN2O2/c1-3-7-18-15-10-21-9-14(15)16(20)19-11(2)12-5-4-6-13(17)8-12/h4-6,8,11,14-15,18H,3,7,9-10H2,1-2H3,(H,19,20)/t11-,14?,15?/m0/s1. The monoisotopic (exact) mass is 310 g/mol. The predicted octanol–water partition coefficient (Wildman–Crippen LogP) is 2.53. The summed E-state index contributed by atoms with van der Waals surface area (Å²) in [7, 11) is 0. The Hall–Kier alpha value is -1.10. The molecule has 0 bridgehead atoms. The molecular weight excluding hydrogens is 288 g/mol. The zero-order valence-electron chi connectivity index (χ0n) is 12.6. The fourth-order valence-corrected chi connectivity index (χ4v) is 2.72. The first-order valence-electron chi connectivity index (χ1n) is 7.48. The van der Waals surface area contributed by atoms with E-state index in [9.17, 15) is 4.79 Å². The molecule has 116 valence electrons. The summed E-state index contributed by atoms with van der Waals surface area (Å²) in [5.41, 5.74) is 1.01. The van der Waals surface area contributed by atoms with Crippen molar-refractivity contribution in [3.05, 3.63) is 34.9 Å². The van der Waals surface area contributed by atoms with Gasteiger partial charge in [-0.05, 0) is 37.6 Å². The Bertz CT molecular complexity index is 481. The highest BCUT2D eigenvalue weighted by molar-refractivity contribution is 6.30. The van der Waals surface area contributed by atoms with Crippen molar-refractivity contribution < 1.29 is 9.53 Å². The lowest BCUT2D eigenvalue weighted by Crippen LogP contribution is -2.44. The number of benzene rings is 1. The number of amides is 1. The summed E-state index contributed by atoms with van der Waals surface area (Å²) in [5.74, 6) is -0.0910. The van der Waals surface area contributed by atoms with Crippen LogP contribution in [0.4, 0.5) is 0 Å². The second-order valence-electron chi connectivity index (χ2n) is 5.49. The zero-order chi connectivity index (χ0) is 15.2. The van der Waals surface area contributed by atoms with Gasteiger partial charge < -0.3 is 15.4 Å². The van der Waals surface area contributed by atoms with Crippen LogP contribution in [0.3, 0.4) is 0 Å². The van der Waals surface area contributed by atoms with E-state index in [4.69, 9.17) is 16.3 Å². The molecule has 0 spiro atoms. The molecule has 1 aromatic carbocycles. The normalized spacial score (nSPS) is 23.0. The van der Waals surface area contributed by atoms with Crippen LogP contribution in [0.25, 0.3) is 0 Å². The lowest BCUT2D eigenvalue weighted by molar-refractivity contribution is -0.126. The summed E-state index contributed by atoms with van der Waals surface area (Å²) in [4.78, 5) is 12.4. The van der Waals surface area contributed by atoms with Crippen molar-refractivity contribution in [2.45, 2.75) is 32.4 Å². The summed E-state index contributed by atoms with van der Waals surface area (Å²) < 4.78 is 5.45. The average Bonchev–Trinajstić information content (AvgIpc) is 2.93. The van der Waals surface area contributed by atoms with E-state index >= 15 is 0 Å². The van der Waals surface area contributed by atoms with Crippen LogP contribution in [0, 0.1) is 5.92 Å². The van der Waals surface area contributed by atoms with Crippen molar-refractivity contribution in [1.82, 2.24) is 10.6 Å². The van der Waals surface area contributed by atoms with Crippen LogP contribution in [0.2, 0.25) is 5.02 Å². The minimum Gasteiger partial charge on any atom is -0.379 e. The SMILES string of the molecule is CCCNC1COCC1C(=O)N[C@@H](C)c1cccc(Cl)c1. The molecular formula is C16H23ClN2O2. The Labute approximate surface area is 131 Å². The second-order valence-corrected chi connectivity index (χ2v) is 5.93. The predicted molar refractivity (Wildman–Crippen MR) is 84.4 cm³/mol. The topological polar surface area (TPSA) is 50.4 Å². The number of hydrogen-bond acceptors (Lipinski definition) is 3. The number of rotatable bonds is 6. The molecule has 1 aliphatic rings. The Kier molecular flexibility index (Phi) is 6.03. The Balaban J connectivity index is 1.94. The molecule has 0 aromatic heterocycles. The van der Waals surface area contributed by atoms with Crippen molar-refractivity contribution >= 4 is 17.5 Å². The molecule has 1 aliphatic heterocycles. The first kappa shape index (κ1) is 16.3. The van der Waals surface area contributed by atoms with Crippen molar-refractivity contribution in [2.24, 2.45) is 5.92 Å². The average molecular weight is 311 g/mol. The summed E-state index contributed by atoms with van der Waals surface area (Å²) in [6, 6.07) is 7.61. The number of carbonyl (C=O) groups excluding carboxylic acids is 1. The molecule has 5 heteroatoms. The van der Waals surface area contributed by atoms with E-state index in [2.05, 4.69) is 17.6 Å². The van der Waals surface area contributed by atoms with Gasteiger partial charge in [-0.2, -0.15) is 0 Å². The van der Waals surface area contributed by atoms with E-state index in [1.807, 2.05) is 31.2 Å². The van der Waals surface area contributed by atoms with Gasteiger partial charge in [0, 0.05) is 11.1 Å². The molecule has 0 saturated carbocycles. The van der Waals surface area contributed by atoms with Crippen LogP contribution in [-0.2, 0) is 9.53 Å². The molecule has 2 unspecified atom stereocenters. The smallest absolute Gasteiger partial charge is 0.227 e. The van der Waals surface area contributed by atoms with Gasteiger partial charge in [-0.3, -0.25) is 4.79 Å². The highest BCUT2D eigenvalue weighted by Gasteiger charge is 2.34. The van der Waals surface area contributed by atoms with Crippen LogP contribution in [0.1, 0.15) is 31.9 Å². The molecule has 2 rings (SSSR count). The largest absolute Gasteiger partial charge is 0.379 e. The second kappa shape index (κ2) is 7.78. The van der Waals surface area contributed by atoms with Crippen molar-refractivity contribution in [3.8, 4) is 0 Å². The molecule has 1 fully saturated rings. The van der Waals surface area contributed by atoms with Crippen LogP contribution in [-0.4, -0.2) is 31.7 Å².